The van der Waals surface area contributed by atoms with E-state index in [9.17, 15) is 4.79 Å². The molecular weight excluding hydrogens is 180 g/mol. The lowest BCUT2D eigenvalue weighted by Gasteiger charge is -2.11. The lowest BCUT2D eigenvalue weighted by molar-refractivity contribution is -0.146. The summed E-state index contributed by atoms with van der Waals surface area (Å²) in [6, 6.07) is 0. The summed E-state index contributed by atoms with van der Waals surface area (Å²) in [6.45, 7) is 11.2. The lowest BCUT2D eigenvalue weighted by Crippen LogP contribution is -2.15. The average Bonchev–Trinajstić information content (AvgIpc) is 2.03. The highest BCUT2D eigenvalue weighted by atomic mass is 16.6. The van der Waals surface area contributed by atoms with Gasteiger partial charge in [0.1, 0.15) is 6.61 Å². The monoisotopic (exact) mass is 198 g/mol. The van der Waals surface area contributed by atoms with Crippen LogP contribution in [0.15, 0.2) is 24.0 Å². The molecule has 3 nitrogen and oxygen atoms in total. The zero-order chi connectivity index (χ0) is 11.1. The zero-order valence-corrected chi connectivity index (χ0v) is 9.29. The maximum absolute atomic E-state index is 11.4. The highest BCUT2D eigenvalue weighted by Gasteiger charge is 2.12. The van der Waals surface area contributed by atoms with Crippen molar-refractivity contribution < 1.29 is 14.3 Å². The minimum atomic E-state index is -0.427. The molecule has 0 fully saturated rings. The third-order valence-corrected chi connectivity index (χ3v) is 1.28. The Morgan fingerprint density at radius 2 is 2.07 bits per heavy atom. The number of allylic oxidation sites excluding steroid dienone is 1. The average molecular weight is 198 g/mol. The third-order valence-electron chi connectivity index (χ3n) is 1.28. The van der Waals surface area contributed by atoms with Gasteiger partial charge in [-0.05, 0) is 39.3 Å². The van der Waals surface area contributed by atoms with Gasteiger partial charge in [0.05, 0.1) is 6.10 Å². The molecule has 0 aromatic rings. The molecule has 0 amide bonds. The molecule has 0 aliphatic carbocycles. The van der Waals surface area contributed by atoms with Gasteiger partial charge in [-0.25, -0.2) is 4.79 Å². The van der Waals surface area contributed by atoms with Crippen LogP contribution in [0.2, 0.25) is 0 Å². The second kappa shape index (κ2) is 6.24. The summed E-state index contributed by atoms with van der Waals surface area (Å²) in [4.78, 5) is 11.4. The number of rotatable bonds is 5. The normalized spacial score (nSPS) is 11.4. The topological polar surface area (TPSA) is 35.5 Å². The standard InChI is InChI=1S/C11H18O3/c1-6-10(13-7-8(2)3)11(12)14-9(4)5/h6,9H,2,7H2,1,3-5H3/b10-6+. The van der Waals surface area contributed by atoms with Crippen molar-refractivity contribution in [1.82, 2.24) is 0 Å². The minimum Gasteiger partial charge on any atom is -0.482 e. The van der Waals surface area contributed by atoms with E-state index in [1.54, 1.807) is 26.8 Å². The Labute approximate surface area is 85.4 Å². The van der Waals surface area contributed by atoms with E-state index in [0.29, 0.717) is 6.61 Å². The molecule has 0 atom stereocenters. The van der Waals surface area contributed by atoms with E-state index < -0.39 is 5.97 Å². The molecule has 80 valence electrons. The van der Waals surface area contributed by atoms with Crippen molar-refractivity contribution >= 4 is 5.97 Å². The van der Waals surface area contributed by atoms with Crippen LogP contribution in [-0.4, -0.2) is 18.7 Å². The third kappa shape index (κ3) is 5.41. The number of carbonyl (C=O) groups is 1. The molecule has 0 aliphatic heterocycles. The molecule has 0 heterocycles. The van der Waals surface area contributed by atoms with E-state index in [0.717, 1.165) is 5.57 Å². The van der Waals surface area contributed by atoms with Crippen molar-refractivity contribution in [2.75, 3.05) is 6.61 Å². The molecule has 14 heavy (non-hydrogen) atoms. The molecule has 0 rings (SSSR count). The smallest absolute Gasteiger partial charge is 0.373 e. The van der Waals surface area contributed by atoms with Crippen LogP contribution in [0.4, 0.5) is 0 Å². The van der Waals surface area contributed by atoms with Crippen LogP contribution < -0.4 is 0 Å². The fourth-order valence-electron chi connectivity index (χ4n) is 0.733. The van der Waals surface area contributed by atoms with Gasteiger partial charge in [0.15, 0.2) is 0 Å². The van der Waals surface area contributed by atoms with Gasteiger partial charge < -0.3 is 9.47 Å². The lowest BCUT2D eigenvalue weighted by atomic mass is 10.4. The molecule has 0 spiro atoms. The summed E-state index contributed by atoms with van der Waals surface area (Å²) in [6.07, 6.45) is 1.46. The largest absolute Gasteiger partial charge is 0.482 e. The van der Waals surface area contributed by atoms with Crippen molar-refractivity contribution in [3.05, 3.63) is 24.0 Å². The van der Waals surface area contributed by atoms with Gasteiger partial charge in [0.25, 0.3) is 0 Å². The van der Waals surface area contributed by atoms with Gasteiger partial charge in [-0.1, -0.05) is 6.58 Å². The first kappa shape index (κ1) is 12.8. The molecule has 0 bridgehead atoms. The SMILES string of the molecule is C=C(C)CO/C(=C/C)C(=O)OC(C)C. The molecule has 0 radical (unpaired) electrons. The Morgan fingerprint density at radius 3 is 2.43 bits per heavy atom. The maximum atomic E-state index is 11.4. The Morgan fingerprint density at radius 1 is 1.50 bits per heavy atom. The van der Waals surface area contributed by atoms with Crippen LogP contribution in [0.3, 0.4) is 0 Å². The quantitative estimate of drug-likeness (QED) is 0.294. The van der Waals surface area contributed by atoms with Gasteiger partial charge in [-0.3, -0.25) is 0 Å². The zero-order valence-electron chi connectivity index (χ0n) is 9.29. The van der Waals surface area contributed by atoms with E-state index in [1.165, 1.54) is 0 Å². The molecule has 0 aromatic heterocycles. The number of esters is 1. The summed E-state index contributed by atoms with van der Waals surface area (Å²) in [5.74, 6) is -0.189. The van der Waals surface area contributed by atoms with Gasteiger partial charge in [0.2, 0.25) is 5.76 Å². The predicted octanol–water partition coefficient (Wildman–Crippen LogP) is 2.43. The number of hydrogen-bond acceptors (Lipinski definition) is 3. The maximum Gasteiger partial charge on any atom is 0.373 e. The Bertz CT molecular complexity index is 239. The minimum absolute atomic E-state index is 0.133. The van der Waals surface area contributed by atoms with E-state index in [2.05, 4.69) is 6.58 Å². The van der Waals surface area contributed by atoms with Crippen molar-refractivity contribution in [3.63, 3.8) is 0 Å². The van der Waals surface area contributed by atoms with E-state index in [1.807, 2.05) is 6.92 Å². The first-order chi connectivity index (χ1) is 6.47. The summed E-state index contributed by atoms with van der Waals surface area (Å²) < 4.78 is 10.2. The molecule has 0 saturated heterocycles. The van der Waals surface area contributed by atoms with Crippen molar-refractivity contribution in [2.24, 2.45) is 0 Å². The Balaban J connectivity index is 4.15. The van der Waals surface area contributed by atoms with E-state index >= 15 is 0 Å². The van der Waals surface area contributed by atoms with Crippen LogP contribution in [0, 0.1) is 0 Å². The van der Waals surface area contributed by atoms with Crippen molar-refractivity contribution in [1.29, 1.82) is 0 Å². The predicted molar refractivity (Wildman–Crippen MR) is 55.8 cm³/mol. The van der Waals surface area contributed by atoms with Gasteiger partial charge >= 0.3 is 5.97 Å². The van der Waals surface area contributed by atoms with Crippen LogP contribution in [0.5, 0.6) is 0 Å². The molecule has 0 saturated carbocycles. The number of ether oxygens (including phenoxy) is 2. The molecule has 3 heteroatoms. The summed E-state index contributed by atoms with van der Waals surface area (Å²) in [7, 11) is 0. The van der Waals surface area contributed by atoms with Gasteiger partial charge in [0, 0.05) is 0 Å². The fourth-order valence-corrected chi connectivity index (χ4v) is 0.733. The summed E-state index contributed by atoms with van der Waals surface area (Å²) >= 11 is 0. The summed E-state index contributed by atoms with van der Waals surface area (Å²) in [5, 5.41) is 0. The molecule has 0 aliphatic rings. The van der Waals surface area contributed by atoms with E-state index in [-0.39, 0.29) is 11.9 Å². The van der Waals surface area contributed by atoms with Crippen LogP contribution >= 0.6 is 0 Å². The van der Waals surface area contributed by atoms with Crippen molar-refractivity contribution in [3.8, 4) is 0 Å². The van der Waals surface area contributed by atoms with Crippen LogP contribution in [0.1, 0.15) is 27.7 Å². The molecule has 0 aromatic carbocycles. The Hall–Kier alpha value is -1.25. The first-order valence-electron chi connectivity index (χ1n) is 4.61. The summed E-state index contributed by atoms with van der Waals surface area (Å²) in [5.41, 5.74) is 0.863. The highest BCUT2D eigenvalue weighted by molar-refractivity contribution is 5.86. The van der Waals surface area contributed by atoms with Gasteiger partial charge in [-0.2, -0.15) is 0 Å². The number of carbonyl (C=O) groups excluding carboxylic acids is 1. The second-order valence-corrected chi connectivity index (χ2v) is 3.35. The molecule has 0 unspecified atom stereocenters. The first-order valence-corrected chi connectivity index (χ1v) is 4.61. The van der Waals surface area contributed by atoms with Crippen molar-refractivity contribution in [2.45, 2.75) is 33.8 Å². The van der Waals surface area contributed by atoms with Crippen LogP contribution in [0.25, 0.3) is 0 Å². The van der Waals surface area contributed by atoms with Gasteiger partial charge in [-0.15, -0.1) is 0 Å². The Kier molecular flexibility index (Phi) is 5.68. The highest BCUT2D eigenvalue weighted by Crippen LogP contribution is 2.05. The molecular formula is C11H18O3. The fraction of sp³-hybridized carbons (Fsp3) is 0.545. The second-order valence-electron chi connectivity index (χ2n) is 3.35. The molecule has 0 N–H and O–H groups in total. The van der Waals surface area contributed by atoms with E-state index in [4.69, 9.17) is 9.47 Å². The number of hydrogen-bond donors (Lipinski definition) is 0. The van der Waals surface area contributed by atoms with Crippen LogP contribution in [-0.2, 0) is 14.3 Å².